The molecule has 0 amide bonds. The van der Waals surface area contributed by atoms with Crippen LogP contribution in [0.1, 0.15) is 5.56 Å². The van der Waals surface area contributed by atoms with Crippen molar-refractivity contribution in [2.45, 2.75) is 6.92 Å². The van der Waals surface area contributed by atoms with E-state index in [1.165, 1.54) is 12.1 Å². The van der Waals surface area contributed by atoms with Crippen molar-refractivity contribution in [3.8, 4) is 0 Å². The Bertz CT molecular complexity index is 649. The summed E-state index contributed by atoms with van der Waals surface area (Å²) >= 11 is 5.68. The molecule has 0 aliphatic heterocycles. The molecule has 2 rings (SSSR count). The summed E-state index contributed by atoms with van der Waals surface area (Å²) in [5, 5.41) is 13.3. The highest BCUT2D eigenvalue weighted by molar-refractivity contribution is 6.29. The van der Waals surface area contributed by atoms with Gasteiger partial charge in [-0.15, -0.1) is 0 Å². The second kappa shape index (κ2) is 5.19. The number of halogens is 2. The van der Waals surface area contributed by atoms with Gasteiger partial charge in [-0.1, -0.05) is 17.7 Å². The Kier molecular flexibility index (Phi) is 3.62. The lowest BCUT2D eigenvalue weighted by atomic mass is 10.2. The van der Waals surface area contributed by atoms with Gasteiger partial charge in [-0.2, -0.15) is 0 Å². The van der Waals surface area contributed by atoms with Crippen molar-refractivity contribution < 1.29 is 9.31 Å². The summed E-state index contributed by atoms with van der Waals surface area (Å²) < 4.78 is 13.6. The Balaban J connectivity index is 2.38. The molecule has 0 saturated carbocycles. The second-order valence-corrected chi connectivity index (χ2v) is 4.29. The molecule has 5 nitrogen and oxygen atoms in total. The Hall–Kier alpha value is -2.21. The molecule has 0 bridgehead atoms. The number of hydrogen-bond acceptors (Lipinski definition) is 4. The number of nitro groups is 1. The van der Waals surface area contributed by atoms with Crippen molar-refractivity contribution in [2.75, 3.05) is 5.32 Å². The van der Waals surface area contributed by atoms with Crippen LogP contribution in [0.3, 0.4) is 0 Å². The number of pyridine rings is 1. The molecule has 0 saturated heterocycles. The van der Waals surface area contributed by atoms with Crippen LogP contribution in [0.5, 0.6) is 0 Å². The van der Waals surface area contributed by atoms with Crippen LogP contribution in [0.2, 0.25) is 5.15 Å². The lowest BCUT2D eigenvalue weighted by Crippen LogP contribution is -1.98. The molecule has 98 valence electrons. The Morgan fingerprint density at radius 3 is 2.79 bits per heavy atom. The monoisotopic (exact) mass is 281 g/mol. The zero-order valence-corrected chi connectivity index (χ0v) is 10.6. The number of anilines is 2. The van der Waals surface area contributed by atoms with E-state index in [0.29, 0.717) is 0 Å². The fourth-order valence-electron chi connectivity index (χ4n) is 1.53. The summed E-state index contributed by atoms with van der Waals surface area (Å²) in [4.78, 5) is 14.0. The molecule has 1 heterocycles. The van der Waals surface area contributed by atoms with Gasteiger partial charge in [-0.25, -0.2) is 9.37 Å². The first-order valence-corrected chi connectivity index (χ1v) is 5.68. The molecule has 0 aliphatic carbocycles. The fraction of sp³-hybridized carbons (Fsp3) is 0.0833. The summed E-state index contributed by atoms with van der Waals surface area (Å²) in [6.07, 6.45) is 0. The van der Waals surface area contributed by atoms with E-state index in [2.05, 4.69) is 10.3 Å². The zero-order chi connectivity index (χ0) is 14.0. The third-order valence-corrected chi connectivity index (χ3v) is 2.57. The first-order valence-electron chi connectivity index (χ1n) is 5.31. The molecule has 0 fully saturated rings. The quantitative estimate of drug-likeness (QED) is 0.527. The summed E-state index contributed by atoms with van der Waals surface area (Å²) in [6.45, 7) is 1.80. The van der Waals surface area contributed by atoms with E-state index < -0.39 is 10.7 Å². The second-order valence-electron chi connectivity index (χ2n) is 3.90. The van der Waals surface area contributed by atoms with Crippen molar-refractivity contribution >= 4 is 28.8 Å². The van der Waals surface area contributed by atoms with Gasteiger partial charge in [-0.3, -0.25) is 10.1 Å². The normalized spacial score (nSPS) is 10.3. The smallest absolute Gasteiger partial charge is 0.276 e. The Morgan fingerprint density at radius 1 is 1.37 bits per heavy atom. The van der Waals surface area contributed by atoms with Crippen molar-refractivity contribution in [3.05, 3.63) is 57.0 Å². The lowest BCUT2D eigenvalue weighted by molar-refractivity contribution is -0.384. The Labute approximate surface area is 113 Å². The highest BCUT2D eigenvalue weighted by Crippen LogP contribution is 2.25. The highest BCUT2D eigenvalue weighted by atomic mass is 35.5. The third-order valence-electron chi connectivity index (χ3n) is 2.37. The molecule has 0 radical (unpaired) electrons. The maximum Gasteiger partial charge on any atom is 0.276 e. The van der Waals surface area contributed by atoms with Crippen LogP contribution in [-0.4, -0.2) is 9.91 Å². The van der Waals surface area contributed by atoms with Crippen molar-refractivity contribution in [1.82, 2.24) is 4.98 Å². The minimum atomic E-state index is -0.592. The standard InChI is InChI=1S/C12H9ClFN3O2/c1-7-2-3-9(14)10(4-7)15-12-6-8(17(18)19)5-11(13)16-12/h2-6H,1H3,(H,15,16). The molecule has 7 heteroatoms. The van der Waals surface area contributed by atoms with E-state index in [9.17, 15) is 14.5 Å². The topological polar surface area (TPSA) is 68.1 Å². The van der Waals surface area contributed by atoms with E-state index in [-0.39, 0.29) is 22.3 Å². The molecule has 0 aliphatic rings. The lowest BCUT2D eigenvalue weighted by Gasteiger charge is -2.08. The SMILES string of the molecule is Cc1ccc(F)c(Nc2cc([N+](=O)[O-])cc(Cl)n2)c1. The average molecular weight is 282 g/mol. The van der Waals surface area contributed by atoms with Crippen LogP contribution < -0.4 is 5.32 Å². The predicted octanol–water partition coefficient (Wildman–Crippen LogP) is 3.83. The number of benzene rings is 1. The number of nitrogens with one attached hydrogen (secondary N) is 1. The van der Waals surface area contributed by atoms with Gasteiger partial charge in [0.2, 0.25) is 0 Å². The Morgan fingerprint density at radius 2 is 2.11 bits per heavy atom. The van der Waals surface area contributed by atoms with E-state index in [4.69, 9.17) is 11.6 Å². The van der Waals surface area contributed by atoms with Crippen LogP contribution in [0.4, 0.5) is 21.6 Å². The summed E-state index contributed by atoms with van der Waals surface area (Å²) in [7, 11) is 0. The summed E-state index contributed by atoms with van der Waals surface area (Å²) in [6, 6.07) is 6.81. The van der Waals surface area contributed by atoms with E-state index in [1.54, 1.807) is 19.1 Å². The summed E-state index contributed by atoms with van der Waals surface area (Å²) in [5.74, 6) is -0.362. The number of nitrogens with zero attached hydrogens (tertiary/aromatic N) is 2. The first kappa shape index (κ1) is 13.2. The highest BCUT2D eigenvalue weighted by Gasteiger charge is 2.11. The molecular weight excluding hydrogens is 273 g/mol. The first-order chi connectivity index (χ1) is 8.95. The zero-order valence-electron chi connectivity index (χ0n) is 9.85. The fourth-order valence-corrected chi connectivity index (χ4v) is 1.73. The van der Waals surface area contributed by atoms with Gasteiger partial charge in [0.05, 0.1) is 22.7 Å². The predicted molar refractivity (Wildman–Crippen MR) is 70.3 cm³/mol. The van der Waals surface area contributed by atoms with Crippen LogP contribution in [-0.2, 0) is 0 Å². The van der Waals surface area contributed by atoms with Gasteiger partial charge in [0, 0.05) is 0 Å². The van der Waals surface area contributed by atoms with E-state index >= 15 is 0 Å². The third kappa shape index (κ3) is 3.17. The van der Waals surface area contributed by atoms with Gasteiger partial charge < -0.3 is 5.32 Å². The number of aryl methyl sites for hydroxylation is 1. The van der Waals surface area contributed by atoms with Gasteiger partial charge >= 0.3 is 0 Å². The van der Waals surface area contributed by atoms with Crippen molar-refractivity contribution in [2.24, 2.45) is 0 Å². The molecule has 1 N–H and O–H groups in total. The van der Waals surface area contributed by atoms with Gasteiger partial charge in [-0.05, 0) is 24.6 Å². The largest absolute Gasteiger partial charge is 0.338 e. The minimum Gasteiger partial charge on any atom is -0.338 e. The van der Waals surface area contributed by atoms with Crippen molar-refractivity contribution in [1.29, 1.82) is 0 Å². The maximum absolute atomic E-state index is 13.6. The van der Waals surface area contributed by atoms with Gasteiger partial charge in [0.25, 0.3) is 5.69 Å². The maximum atomic E-state index is 13.6. The molecule has 0 spiro atoms. The average Bonchev–Trinajstić information content (AvgIpc) is 2.33. The molecule has 1 aromatic carbocycles. The molecular formula is C12H9ClFN3O2. The number of rotatable bonds is 3. The van der Waals surface area contributed by atoms with Gasteiger partial charge in [0.1, 0.15) is 16.8 Å². The molecule has 1 aromatic heterocycles. The minimum absolute atomic E-state index is 0.0373. The van der Waals surface area contributed by atoms with Crippen LogP contribution in [0, 0.1) is 22.9 Å². The molecule has 0 atom stereocenters. The molecule has 19 heavy (non-hydrogen) atoms. The van der Waals surface area contributed by atoms with E-state index in [0.717, 1.165) is 11.6 Å². The van der Waals surface area contributed by atoms with Crippen LogP contribution >= 0.6 is 11.6 Å². The van der Waals surface area contributed by atoms with Crippen LogP contribution in [0.15, 0.2) is 30.3 Å². The van der Waals surface area contributed by atoms with E-state index in [1.807, 2.05) is 0 Å². The van der Waals surface area contributed by atoms with Gasteiger partial charge in [0.15, 0.2) is 0 Å². The number of aromatic nitrogens is 1. The summed E-state index contributed by atoms with van der Waals surface area (Å²) in [5.41, 5.74) is 0.819. The van der Waals surface area contributed by atoms with Crippen molar-refractivity contribution in [3.63, 3.8) is 0 Å². The molecule has 2 aromatic rings. The van der Waals surface area contributed by atoms with Crippen LogP contribution in [0.25, 0.3) is 0 Å². The molecule has 0 unspecified atom stereocenters. The number of hydrogen-bond donors (Lipinski definition) is 1.